The van der Waals surface area contributed by atoms with Gasteiger partial charge in [0, 0.05) is 17.3 Å². The highest BCUT2D eigenvalue weighted by Gasteiger charge is 2.35. The van der Waals surface area contributed by atoms with Crippen molar-refractivity contribution in [2.45, 2.75) is 44.0 Å². The highest BCUT2D eigenvalue weighted by molar-refractivity contribution is 9.09. The highest BCUT2D eigenvalue weighted by Crippen LogP contribution is 2.45. The zero-order chi connectivity index (χ0) is 11.7. The minimum absolute atomic E-state index is 0.571. The first kappa shape index (κ1) is 12.0. The van der Waals surface area contributed by atoms with Crippen molar-refractivity contribution in [1.82, 2.24) is 9.78 Å². The van der Waals surface area contributed by atoms with Crippen LogP contribution in [-0.2, 0) is 6.54 Å². The smallest absolute Gasteiger partial charge is 0.160 e. The molecule has 1 fully saturated rings. The number of hydrogen-bond acceptors (Lipinski definition) is 2. The quantitative estimate of drug-likeness (QED) is 0.798. The number of hydrogen-bond donors (Lipinski definition) is 0. The predicted molar refractivity (Wildman–Crippen MR) is 68.3 cm³/mol. The maximum absolute atomic E-state index is 5.43. The van der Waals surface area contributed by atoms with E-state index in [9.17, 15) is 0 Å². The van der Waals surface area contributed by atoms with Gasteiger partial charge in [0.15, 0.2) is 5.75 Å². The van der Waals surface area contributed by atoms with Gasteiger partial charge in [0.2, 0.25) is 0 Å². The number of rotatable bonds is 3. The molecule has 16 heavy (non-hydrogen) atoms. The lowest BCUT2D eigenvalue weighted by atomic mass is 9.94. The van der Waals surface area contributed by atoms with Crippen LogP contribution in [0.25, 0.3) is 0 Å². The molecular formula is C12H19BrN2O. The molecule has 0 spiro atoms. The molecular weight excluding hydrogens is 268 g/mol. The maximum Gasteiger partial charge on any atom is 0.160 e. The van der Waals surface area contributed by atoms with E-state index in [0.29, 0.717) is 16.7 Å². The van der Waals surface area contributed by atoms with E-state index in [4.69, 9.17) is 4.74 Å². The molecule has 1 aliphatic rings. The van der Waals surface area contributed by atoms with Crippen LogP contribution in [0.3, 0.4) is 0 Å². The molecule has 1 aliphatic carbocycles. The topological polar surface area (TPSA) is 27.1 Å². The van der Waals surface area contributed by atoms with Crippen LogP contribution in [0.4, 0.5) is 0 Å². The van der Waals surface area contributed by atoms with Crippen LogP contribution in [-0.4, -0.2) is 21.7 Å². The van der Waals surface area contributed by atoms with E-state index in [2.05, 4.69) is 39.6 Å². The maximum atomic E-state index is 5.43. The van der Waals surface area contributed by atoms with Crippen LogP contribution in [0, 0.1) is 5.92 Å². The third-order valence-corrected chi connectivity index (χ3v) is 4.97. The molecule has 90 valence electrons. The van der Waals surface area contributed by atoms with Gasteiger partial charge in [0.1, 0.15) is 0 Å². The SMILES string of the molecule is CCn1ncc(OC)c1C1CCC(Br)C1C. The summed E-state index contributed by atoms with van der Waals surface area (Å²) in [4.78, 5) is 0.627. The van der Waals surface area contributed by atoms with Gasteiger partial charge >= 0.3 is 0 Å². The molecule has 1 aromatic rings. The van der Waals surface area contributed by atoms with Crippen LogP contribution in [0.2, 0.25) is 0 Å². The number of methoxy groups -OCH3 is 1. The molecule has 4 heteroatoms. The third-order valence-electron chi connectivity index (χ3n) is 3.67. The molecule has 0 aromatic carbocycles. The Morgan fingerprint density at radius 1 is 1.56 bits per heavy atom. The molecule has 1 aromatic heterocycles. The zero-order valence-corrected chi connectivity index (χ0v) is 11.7. The lowest BCUT2D eigenvalue weighted by molar-refractivity contribution is 0.392. The van der Waals surface area contributed by atoms with Gasteiger partial charge in [-0.2, -0.15) is 5.10 Å². The second kappa shape index (κ2) is 4.78. The molecule has 3 unspecified atom stereocenters. The van der Waals surface area contributed by atoms with Crippen LogP contribution in [0.1, 0.15) is 38.3 Å². The number of aromatic nitrogens is 2. The fourth-order valence-corrected chi connectivity index (χ4v) is 3.30. The molecule has 3 atom stereocenters. The number of alkyl halides is 1. The van der Waals surface area contributed by atoms with Crippen molar-refractivity contribution in [3.8, 4) is 5.75 Å². The first-order valence-corrected chi connectivity index (χ1v) is 6.84. The Hall–Kier alpha value is -0.510. The lowest BCUT2D eigenvalue weighted by Gasteiger charge is -2.19. The van der Waals surface area contributed by atoms with Gasteiger partial charge in [-0.1, -0.05) is 22.9 Å². The van der Waals surface area contributed by atoms with Gasteiger partial charge in [-0.15, -0.1) is 0 Å². The van der Waals surface area contributed by atoms with Crippen LogP contribution in [0.15, 0.2) is 6.20 Å². The predicted octanol–water partition coefficient (Wildman–Crippen LogP) is 3.19. The van der Waals surface area contributed by atoms with Gasteiger partial charge in [0.05, 0.1) is 19.0 Å². The van der Waals surface area contributed by atoms with Crippen LogP contribution < -0.4 is 4.74 Å². The molecule has 1 saturated carbocycles. The van der Waals surface area contributed by atoms with E-state index in [-0.39, 0.29) is 0 Å². The summed E-state index contributed by atoms with van der Waals surface area (Å²) in [6.07, 6.45) is 4.30. The largest absolute Gasteiger partial charge is 0.493 e. The van der Waals surface area contributed by atoms with Gasteiger partial charge in [-0.3, -0.25) is 4.68 Å². The van der Waals surface area contributed by atoms with Crippen molar-refractivity contribution in [3.05, 3.63) is 11.9 Å². The van der Waals surface area contributed by atoms with Crippen molar-refractivity contribution < 1.29 is 4.74 Å². The minimum Gasteiger partial charge on any atom is -0.493 e. The average molecular weight is 287 g/mol. The van der Waals surface area contributed by atoms with Crippen molar-refractivity contribution in [2.24, 2.45) is 5.92 Å². The highest BCUT2D eigenvalue weighted by atomic mass is 79.9. The van der Waals surface area contributed by atoms with Gasteiger partial charge in [-0.25, -0.2) is 0 Å². The fraction of sp³-hybridized carbons (Fsp3) is 0.750. The average Bonchev–Trinajstić information content (AvgIpc) is 2.83. The Morgan fingerprint density at radius 3 is 2.81 bits per heavy atom. The van der Waals surface area contributed by atoms with Crippen LogP contribution >= 0.6 is 15.9 Å². The Balaban J connectivity index is 2.34. The standard InChI is InChI=1S/C12H19BrN2O/c1-4-15-12(11(16-3)7-14-15)9-5-6-10(13)8(9)2/h7-10H,4-6H2,1-3H3. The van der Waals surface area contributed by atoms with Gasteiger partial charge in [-0.05, 0) is 25.7 Å². The summed E-state index contributed by atoms with van der Waals surface area (Å²) in [5.41, 5.74) is 1.28. The fourth-order valence-electron chi connectivity index (χ4n) is 2.66. The summed E-state index contributed by atoms with van der Waals surface area (Å²) in [5, 5.41) is 4.39. The molecule has 3 nitrogen and oxygen atoms in total. The van der Waals surface area contributed by atoms with Crippen molar-refractivity contribution in [2.75, 3.05) is 7.11 Å². The molecule has 0 bridgehead atoms. The Labute approximate surface area is 105 Å². The number of halogens is 1. The number of ether oxygens (including phenoxy) is 1. The Bertz CT molecular complexity index is 342. The van der Waals surface area contributed by atoms with Gasteiger partial charge < -0.3 is 4.74 Å². The summed E-state index contributed by atoms with van der Waals surface area (Å²) >= 11 is 3.75. The molecule has 1 heterocycles. The van der Waals surface area contributed by atoms with E-state index in [1.54, 1.807) is 7.11 Å². The van der Waals surface area contributed by atoms with E-state index in [0.717, 1.165) is 12.3 Å². The summed E-state index contributed by atoms with van der Waals surface area (Å²) in [5.74, 6) is 2.16. The lowest BCUT2D eigenvalue weighted by Crippen LogP contribution is -2.14. The van der Waals surface area contributed by atoms with E-state index >= 15 is 0 Å². The zero-order valence-electron chi connectivity index (χ0n) is 10.1. The number of aryl methyl sites for hydroxylation is 1. The van der Waals surface area contributed by atoms with Gasteiger partial charge in [0.25, 0.3) is 0 Å². The van der Waals surface area contributed by atoms with Crippen LogP contribution in [0.5, 0.6) is 5.75 Å². The van der Waals surface area contributed by atoms with E-state index < -0.39 is 0 Å². The van der Waals surface area contributed by atoms with E-state index in [1.165, 1.54) is 18.5 Å². The summed E-state index contributed by atoms with van der Waals surface area (Å²) in [7, 11) is 1.73. The summed E-state index contributed by atoms with van der Waals surface area (Å²) < 4.78 is 7.50. The van der Waals surface area contributed by atoms with Crippen molar-refractivity contribution in [3.63, 3.8) is 0 Å². The Morgan fingerprint density at radius 2 is 2.31 bits per heavy atom. The molecule has 2 rings (SSSR count). The molecule has 0 amide bonds. The first-order valence-electron chi connectivity index (χ1n) is 5.92. The van der Waals surface area contributed by atoms with Crippen molar-refractivity contribution >= 4 is 15.9 Å². The van der Waals surface area contributed by atoms with Crippen molar-refractivity contribution in [1.29, 1.82) is 0 Å². The second-order valence-electron chi connectivity index (χ2n) is 4.47. The molecule has 0 aliphatic heterocycles. The molecule has 0 radical (unpaired) electrons. The molecule has 0 N–H and O–H groups in total. The Kier molecular flexibility index (Phi) is 3.57. The summed E-state index contributed by atoms with van der Waals surface area (Å²) in [6, 6.07) is 0. The molecule has 0 saturated heterocycles. The van der Waals surface area contributed by atoms with E-state index in [1.807, 2.05) is 6.20 Å². The number of nitrogens with zero attached hydrogens (tertiary/aromatic N) is 2. The normalized spacial score (nSPS) is 29.6. The minimum atomic E-state index is 0.571. The summed E-state index contributed by atoms with van der Waals surface area (Å²) in [6.45, 7) is 5.35. The third kappa shape index (κ3) is 1.88. The monoisotopic (exact) mass is 286 g/mol. The second-order valence-corrected chi connectivity index (χ2v) is 5.65. The first-order chi connectivity index (χ1) is 7.69.